The molecular formula is C17H19FN4O5. The number of hydrogen-bond donors (Lipinski definition) is 2. The van der Waals surface area contributed by atoms with Crippen molar-refractivity contribution in [2.24, 2.45) is 0 Å². The molecule has 0 spiro atoms. The molecule has 0 saturated carbocycles. The van der Waals surface area contributed by atoms with Gasteiger partial charge in [-0.2, -0.15) is 5.10 Å². The number of aromatic nitrogens is 2. The van der Waals surface area contributed by atoms with Crippen LogP contribution in [0.4, 0.5) is 10.1 Å². The molecule has 1 amide bonds. The second kappa shape index (κ2) is 8.39. The molecule has 0 fully saturated rings. The highest BCUT2D eigenvalue weighted by Gasteiger charge is 2.23. The highest BCUT2D eigenvalue weighted by molar-refractivity contribution is 5.79. The second-order valence-corrected chi connectivity index (χ2v) is 6.00. The molecule has 10 heteroatoms. The molecule has 1 atom stereocenters. The molecule has 144 valence electrons. The van der Waals surface area contributed by atoms with Crippen LogP contribution in [-0.4, -0.2) is 38.2 Å². The molecule has 0 bridgehead atoms. The van der Waals surface area contributed by atoms with E-state index in [1.54, 1.807) is 6.92 Å². The minimum Gasteiger partial charge on any atom is -0.481 e. The summed E-state index contributed by atoms with van der Waals surface area (Å²) >= 11 is 0. The first-order valence-electron chi connectivity index (χ1n) is 8.14. The van der Waals surface area contributed by atoms with Crippen LogP contribution in [-0.2, 0) is 16.1 Å². The Morgan fingerprint density at radius 1 is 1.33 bits per heavy atom. The van der Waals surface area contributed by atoms with Crippen LogP contribution in [0.15, 0.2) is 24.3 Å². The van der Waals surface area contributed by atoms with Gasteiger partial charge in [-0.3, -0.25) is 24.4 Å². The van der Waals surface area contributed by atoms with E-state index in [-0.39, 0.29) is 30.9 Å². The summed E-state index contributed by atoms with van der Waals surface area (Å²) < 4.78 is 14.3. The summed E-state index contributed by atoms with van der Waals surface area (Å²) in [4.78, 5) is 33.9. The van der Waals surface area contributed by atoms with Crippen molar-refractivity contribution in [1.82, 2.24) is 15.1 Å². The van der Waals surface area contributed by atoms with Gasteiger partial charge in [0, 0.05) is 13.0 Å². The molecule has 1 heterocycles. The van der Waals surface area contributed by atoms with E-state index < -0.39 is 28.5 Å². The Balaban J connectivity index is 1.95. The molecule has 9 nitrogen and oxygen atoms in total. The van der Waals surface area contributed by atoms with Gasteiger partial charge >= 0.3 is 11.7 Å². The van der Waals surface area contributed by atoms with Gasteiger partial charge < -0.3 is 10.4 Å². The van der Waals surface area contributed by atoms with Gasteiger partial charge in [-0.25, -0.2) is 4.39 Å². The molecule has 1 aromatic carbocycles. The molecule has 27 heavy (non-hydrogen) atoms. The first kappa shape index (κ1) is 20.0. The lowest BCUT2D eigenvalue weighted by Crippen LogP contribution is -2.32. The monoisotopic (exact) mass is 378 g/mol. The van der Waals surface area contributed by atoms with Crippen molar-refractivity contribution in [2.75, 3.05) is 6.54 Å². The lowest BCUT2D eigenvalue weighted by atomic mass is 9.99. The van der Waals surface area contributed by atoms with E-state index in [0.717, 1.165) is 12.1 Å². The number of carboxylic acids is 1. The van der Waals surface area contributed by atoms with Crippen molar-refractivity contribution < 1.29 is 24.0 Å². The largest absolute Gasteiger partial charge is 0.481 e. The summed E-state index contributed by atoms with van der Waals surface area (Å²) in [6.07, 6.45) is -0.0190. The Kier molecular flexibility index (Phi) is 6.22. The van der Waals surface area contributed by atoms with Gasteiger partial charge in [-0.1, -0.05) is 12.1 Å². The highest BCUT2D eigenvalue weighted by atomic mass is 19.1. The maximum atomic E-state index is 13.0. The Morgan fingerprint density at radius 3 is 2.48 bits per heavy atom. The van der Waals surface area contributed by atoms with Gasteiger partial charge in [0.15, 0.2) is 0 Å². The van der Waals surface area contributed by atoms with Crippen molar-refractivity contribution in [3.05, 3.63) is 57.1 Å². The zero-order valence-electron chi connectivity index (χ0n) is 14.8. The minimum absolute atomic E-state index is 0.0190. The average Bonchev–Trinajstić information content (AvgIpc) is 2.88. The molecule has 0 aliphatic heterocycles. The number of aryl methyl sites for hydroxylation is 2. The van der Waals surface area contributed by atoms with Crippen molar-refractivity contribution in [2.45, 2.75) is 32.7 Å². The maximum Gasteiger partial charge on any atom is 0.312 e. The summed E-state index contributed by atoms with van der Waals surface area (Å²) in [5.74, 6) is -3.05. The fourth-order valence-corrected chi connectivity index (χ4v) is 2.72. The molecule has 1 aromatic heterocycles. The van der Waals surface area contributed by atoms with Gasteiger partial charge in [-0.05, 0) is 31.5 Å². The molecule has 0 saturated heterocycles. The second-order valence-electron chi connectivity index (χ2n) is 6.00. The number of amides is 1. The minimum atomic E-state index is -1.14. The van der Waals surface area contributed by atoms with Crippen LogP contribution in [0.25, 0.3) is 0 Å². The third kappa shape index (κ3) is 4.87. The first-order valence-corrected chi connectivity index (χ1v) is 8.14. The Hall–Kier alpha value is -3.30. The maximum absolute atomic E-state index is 13.0. The number of nitro groups is 1. The predicted molar refractivity (Wildman–Crippen MR) is 92.8 cm³/mol. The SMILES string of the molecule is Cc1nn(CCC(=O)NCC(C(=O)O)c2ccc(F)cc2)c(C)c1[N+](=O)[O-]. The number of aliphatic carboxylic acids is 1. The van der Waals surface area contributed by atoms with E-state index in [1.165, 1.54) is 23.7 Å². The third-order valence-corrected chi connectivity index (χ3v) is 4.15. The Labute approximate surface area is 154 Å². The molecule has 0 aliphatic carbocycles. The number of halogens is 1. The first-order chi connectivity index (χ1) is 12.7. The number of benzene rings is 1. The smallest absolute Gasteiger partial charge is 0.312 e. The fourth-order valence-electron chi connectivity index (χ4n) is 2.72. The number of nitrogens with zero attached hydrogens (tertiary/aromatic N) is 3. The lowest BCUT2D eigenvalue weighted by Gasteiger charge is -2.14. The Morgan fingerprint density at radius 2 is 1.96 bits per heavy atom. The van der Waals surface area contributed by atoms with Crippen molar-refractivity contribution in [3.63, 3.8) is 0 Å². The zero-order valence-corrected chi connectivity index (χ0v) is 14.8. The number of hydrogen-bond acceptors (Lipinski definition) is 5. The van der Waals surface area contributed by atoms with E-state index in [4.69, 9.17) is 0 Å². The van der Waals surface area contributed by atoms with Gasteiger partial charge in [0.05, 0.1) is 17.4 Å². The summed E-state index contributed by atoms with van der Waals surface area (Å²) in [6, 6.07) is 5.02. The zero-order chi connectivity index (χ0) is 20.1. The molecule has 2 aromatic rings. The summed E-state index contributed by atoms with van der Waals surface area (Å²) in [6.45, 7) is 3.03. The topological polar surface area (TPSA) is 127 Å². The van der Waals surface area contributed by atoms with Crippen LogP contribution in [0, 0.1) is 29.8 Å². The van der Waals surface area contributed by atoms with Crippen LogP contribution in [0.3, 0.4) is 0 Å². The van der Waals surface area contributed by atoms with Crippen LogP contribution < -0.4 is 5.32 Å². The van der Waals surface area contributed by atoms with Crippen LogP contribution in [0.5, 0.6) is 0 Å². The number of carbonyl (C=O) groups is 2. The standard InChI is InChI=1S/C17H19FN4O5/c1-10-16(22(26)27)11(2)21(20-10)8-7-15(23)19-9-14(17(24)25)12-3-5-13(18)6-4-12/h3-6,14H,7-9H2,1-2H3,(H,19,23)(H,24,25). The average molecular weight is 378 g/mol. The predicted octanol–water partition coefficient (Wildman–Crippen LogP) is 1.92. The van der Waals surface area contributed by atoms with E-state index in [9.17, 15) is 29.2 Å². The number of carboxylic acid groups (broad SMARTS) is 1. The van der Waals surface area contributed by atoms with Gasteiger partial charge in [0.1, 0.15) is 17.2 Å². The van der Waals surface area contributed by atoms with Crippen LogP contribution >= 0.6 is 0 Å². The van der Waals surface area contributed by atoms with E-state index in [2.05, 4.69) is 10.4 Å². The Bertz CT molecular complexity index is 863. The normalized spacial score (nSPS) is 11.8. The lowest BCUT2D eigenvalue weighted by molar-refractivity contribution is -0.386. The third-order valence-electron chi connectivity index (χ3n) is 4.15. The molecule has 0 radical (unpaired) electrons. The van der Waals surface area contributed by atoms with E-state index >= 15 is 0 Å². The van der Waals surface area contributed by atoms with Gasteiger partial charge in [-0.15, -0.1) is 0 Å². The molecule has 1 unspecified atom stereocenters. The van der Waals surface area contributed by atoms with Gasteiger partial charge in [0.25, 0.3) is 0 Å². The molecule has 2 rings (SSSR count). The molecular weight excluding hydrogens is 359 g/mol. The van der Waals surface area contributed by atoms with Crippen molar-refractivity contribution in [3.8, 4) is 0 Å². The van der Waals surface area contributed by atoms with Crippen LogP contribution in [0.1, 0.15) is 29.3 Å². The van der Waals surface area contributed by atoms with Crippen LogP contribution in [0.2, 0.25) is 0 Å². The van der Waals surface area contributed by atoms with Gasteiger partial charge in [0.2, 0.25) is 5.91 Å². The molecule has 2 N–H and O–H groups in total. The number of nitrogens with one attached hydrogen (secondary N) is 1. The molecule has 0 aliphatic rings. The van der Waals surface area contributed by atoms with Crippen molar-refractivity contribution in [1.29, 1.82) is 0 Å². The quantitative estimate of drug-likeness (QED) is 0.534. The summed E-state index contributed by atoms with van der Waals surface area (Å²) in [5, 5.41) is 26.9. The van der Waals surface area contributed by atoms with E-state index in [0.29, 0.717) is 11.3 Å². The summed E-state index contributed by atoms with van der Waals surface area (Å²) in [5.41, 5.74) is 0.899. The van der Waals surface area contributed by atoms with E-state index in [1.807, 2.05) is 0 Å². The number of carbonyl (C=O) groups excluding carboxylic acids is 1. The van der Waals surface area contributed by atoms with Crippen molar-refractivity contribution >= 4 is 17.6 Å². The number of rotatable bonds is 8. The highest BCUT2D eigenvalue weighted by Crippen LogP contribution is 2.22. The fraction of sp³-hybridized carbons (Fsp3) is 0.353. The summed E-state index contributed by atoms with van der Waals surface area (Å²) in [7, 11) is 0.